The van der Waals surface area contributed by atoms with Gasteiger partial charge in [0.1, 0.15) is 6.04 Å². The highest BCUT2D eigenvalue weighted by molar-refractivity contribution is 8.02. The lowest BCUT2D eigenvalue weighted by molar-refractivity contribution is -0.156. The Morgan fingerprint density at radius 1 is 1.16 bits per heavy atom. The van der Waals surface area contributed by atoms with Crippen molar-refractivity contribution in [1.29, 1.82) is 0 Å². The van der Waals surface area contributed by atoms with E-state index in [0.717, 1.165) is 18.4 Å². The van der Waals surface area contributed by atoms with Crippen LogP contribution in [-0.4, -0.2) is 79.6 Å². The minimum atomic E-state index is -0.828. The quantitative estimate of drug-likeness (QED) is 0.160. The Labute approximate surface area is 268 Å². The zero-order chi connectivity index (χ0) is 32.5. The van der Waals surface area contributed by atoms with Crippen molar-refractivity contribution in [3.63, 3.8) is 0 Å². The van der Waals surface area contributed by atoms with Crippen molar-refractivity contribution >= 4 is 29.5 Å². The van der Waals surface area contributed by atoms with Crippen molar-refractivity contribution in [3.05, 3.63) is 61.2 Å². The third-order valence-corrected chi connectivity index (χ3v) is 11.7. The lowest BCUT2D eigenvalue weighted by atomic mass is 9.66. The highest BCUT2D eigenvalue weighted by atomic mass is 32.2. The largest absolute Gasteiger partial charge is 0.465 e. The molecule has 6 atom stereocenters. The van der Waals surface area contributed by atoms with Crippen molar-refractivity contribution in [1.82, 2.24) is 9.80 Å². The minimum absolute atomic E-state index is 0.0510. The molecular weight excluding hydrogens is 572 g/mol. The second kappa shape index (κ2) is 13.0. The Hall–Kier alpha value is -2.58. The van der Waals surface area contributed by atoms with Crippen molar-refractivity contribution in [2.75, 3.05) is 19.8 Å². The van der Waals surface area contributed by atoms with E-state index in [0.29, 0.717) is 32.2 Å². The van der Waals surface area contributed by atoms with E-state index in [1.807, 2.05) is 35.2 Å². The Balaban J connectivity index is 1.81. The van der Waals surface area contributed by atoms with Gasteiger partial charge in [-0.1, -0.05) is 63.3 Å². The van der Waals surface area contributed by atoms with Crippen LogP contribution in [0.25, 0.3) is 0 Å². The third-order valence-electron chi connectivity index (χ3n) is 9.69. The maximum absolute atomic E-state index is 15.1. The fraction of sp³-hybridized carbons (Fsp3) is 0.639. The first-order valence-corrected chi connectivity index (χ1v) is 16.8. The highest BCUT2D eigenvalue weighted by Crippen LogP contribution is 2.72. The number of ether oxygens (including phenoxy) is 1. The van der Waals surface area contributed by atoms with E-state index in [4.69, 9.17) is 4.74 Å². The molecule has 0 radical (unpaired) electrons. The maximum Gasteiger partial charge on any atom is 0.311 e. The van der Waals surface area contributed by atoms with Gasteiger partial charge in [-0.3, -0.25) is 14.4 Å². The number of likely N-dealkylation sites (tertiary alicyclic amines) is 1. The van der Waals surface area contributed by atoms with Gasteiger partial charge in [0.05, 0.1) is 35.8 Å². The number of esters is 1. The first kappa shape index (κ1) is 34.3. The van der Waals surface area contributed by atoms with Crippen LogP contribution in [0.3, 0.4) is 0 Å². The molecule has 8 heteroatoms. The first-order chi connectivity index (χ1) is 20.7. The number of benzene rings is 1. The molecule has 3 fully saturated rings. The van der Waals surface area contributed by atoms with E-state index in [1.54, 1.807) is 28.8 Å². The summed E-state index contributed by atoms with van der Waals surface area (Å²) in [5.41, 5.74) is 0.388. The third kappa shape index (κ3) is 6.39. The number of hydrogen-bond acceptors (Lipinski definition) is 6. The number of nitrogens with zero attached hydrogens (tertiary/aromatic N) is 2. The van der Waals surface area contributed by atoms with Crippen molar-refractivity contribution in [2.24, 2.45) is 17.3 Å². The van der Waals surface area contributed by atoms with Gasteiger partial charge in [0.25, 0.3) is 0 Å². The predicted octanol–water partition coefficient (Wildman–Crippen LogP) is 5.81. The Morgan fingerprint density at radius 2 is 1.84 bits per heavy atom. The van der Waals surface area contributed by atoms with Gasteiger partial charge >= 0.3 is 5.97 Å². The molecule has 2 amide bonds. The molecule has 242 valence electrons. The summed E-state index contributed by atoms with van der Waals surface area (Å²) in [6, 6.07) is 8.30. The lowest BCUT2D eigenvalue weighted by Crippen LogP contribution is -2.61. The van der Waals surface area contributed by atoms with Gasteiger partial charge in [0.2, 0.25) is 11.8 Å². The molecule has 1 N–H and O–H groups in total. The number of carbonyl (C=O) groups excluding carboxylic acids is 3. The first-order valence-electron chi connectivity index (χ1n) is 16.0. The van der Waals surface area contributed by atoms with E-state index < -0.39 is 39.0 Å². The Kier molecular flexibility index (Phi) is 10.2. The summed E-state index contributed by atoms with van der Waals surface area (Å²) < 4.78 is 4.47. The van der Waals surface area contributed by atoms with Crippen LogP contribution >= 0.6 is 11.8 Å². The maximum atomic E-state index is 15.1. The zero-order valence-corrected chi connectivity index (χ0v) is 28.3. The molecule has 3 heterocycles. The van der Waals surface area contributed by atoms with Gasteiger partial charge in [-0.15, -0.1) is 24.9 Å². The normalized spacial score (nSPS) is 28.5. The molecule has 3 saturated heterocycles. The van der Waals surface area contributed by atoms with Crippen LogP contribution in [-0.2, 0) is 25.5 Å². The molecule has 0 aromatic heterocycles. The summed E-state index contributed by atoms with van der Waals surface area (Å²) in [6.07, 6.45) is 7.45. The van der Waals surface area contributed by atoms with Gasteiger partial charge in [0.15, 0.2) is 0 Å². The van der Waals surface area contributed by atoms with Crippen LogP contribution in [0, 0.1) is 17.3 Å². The Morgan fingerprint density at radius 3 is 2.43 bits per heavy atom. The number of unbranched alkanes of at least 4 members (excludes halogenated alkanes) is 1. The van der Waals surface area contributed by atoms with Crippen molar-refractivity contribution in [2.45, 2.75) is 107 Å². The molecule has 0 saturated carbocycles. The van der Waals surface area contributed by atoms with Gasteiger partial charge in [0, 0.05) is 16.8 Å². The number of aliphatic hydroxyl groups is 1. The van der Waals surface area contributed by atoms with E-state index in [-0.39, 0.29) is 36.4 Å². The van der Waals surface area contributed by atoms with Crippen LogP contribution < -0.4 is 0 Å². The van der Waals surface area contributed by atoms with E-state index in [2.05, 4.69) is 54.7 Å². The number of rotatable bonds is 14. The average Bonchev–Trinajstić information content (AvgIpc) is 3.52. The summed E-state index contributed by atoms with van der Waals surface area (Å²) in [5.74, 6) is -2.10. The van der Waals surface area contributed by atoms with Gasteiger partial charge < -0.3 is 19.6 Å². The monoisotopic (exact) mass is 624 g/mol. The van der Waals surface area contributed by atoms with Crippen LogP contribution in [0.4, 0.5) is 0 Å². The van der Waals surface area contributed by atoms with E-state index in [1.165, 1.54) is 0 Å². The molecule has 1 aromatic rings. The second-order valence-electron chi connectivity index (χ2n) is 14.9. The minimum Gasteiger partial charge on any atom is -0.465 e. The fourth-order valence-corrected chi connectivity index (χ4v) is 10.7. The van der Waals surface area contributed by atoms with Crippen LogP contribution in [0.5, 0.6) is 0 Å². The van der Waals surface area contributed by atoms with Crippen LogP contribution in [0.15, 0.2) is 55.6 Å². The number of aliphatic hydroxyl groups excluding tert-OH is 1. The summed E-state index contributed by atoms with van der Waals surface area (Å²) in [7, 11) is 0. The van der Waals surface area contributed by atoms with Gasteiger partial charge in [-0.25, -0.2) is 0 Å². The summed E-state index contributed by atoms with van der Waals surface area (Å²) in [6.45, 7) is 20.7. The number of thioether (sulfide) groups is 1. The molecule has 2 unspecified atom stereocenters. The average molecular weight is 625 g/mol. The molecule has 3 aliphatic rings. The van der Waals surface area contributed by atoms with Gasteiger partial charge in [-0.05, 0) is 70.3 Å². The summed E-state index contributed by atoms with van der Waals surface area (Å²) in [4.78, 5) is 47.2. The van der Waals surface area contributed by atoms with Crippen molar-refractivity contribution < 1.29 is 24.2 Å². The smallest absolute Gasteiger partial charge is 0.311 e. The van der Waals surface area contributed by atoms with Gasteiger partial charge in [-0.2, -0.15) is 0 Å². The molecule has 2 bridgehead atoms. The number of carbonyl (C=O) groups is 3. The zero-order valence-electron chi connectivity index (χ0n) is 27.5. The molecule has 4 rings (SSSR count). The fourth-order valence-electron chi connectivity index (χ4n) is 8.33. The summed E-state index contributed by atoms with van der Waals surface area (Å²) >= 11 is 1.63. The number of amides is 2. The number of allylic oxidation sites excluding steroid dienone is 1. The molecule has 3 aliphatic heterocycles. The molecule has 44 heavy (non-hydrogen) atoms. The van der Waals surface area contributed by atoms with Crippen molar-refractivity contribution in [3.8, 4) is 0 Å². The topological polar surface area (TPSA) is 87.1 Å². The lowest BCUT2D eigenvalue weighted by Gasteiger charge is -2.46. The molecular formula is C36H52N2O5S. The van der Waals surface area contributed by atoms with E-state index >= 15 is 4.79 Å². The molecule has 0 aliphatic carbocycles. The number of hydrogen-bond donors (Lipinski definition) is 1. The van der Waals surface area contributed by atoms with E-state index in [9.17, 15) is 14.7 Å². The highest BCUT2D eigenvalue weighted by Gasteiger charge is 2.78. The van der Waals surface area contributed by atoms with Crippen LogP contribution in [0.1, 0.15) is 79.2 Å². The van der Waals surface area contributed by atoms with Crippen LogP contribution in [0.2, 0.25) is 0 Å². The standard InChI is InChI=1S/C36H52N2O5S/c1-9-11-15-21-43-32(42)28-27-30(40)38(26(23-39)22-25-16-13-12-14-17-25)29(36(27)19-18-35(28,8)44-36)31(41)37(20-10-2)34(6,7)24-33(3,4)5/h9-10,12-14,16-17,26-29,39H,1-2,11,15,18-24H2,3-8H3/t26-,27+,28+,29?,35-,36?/m1/s1. The molecule has 7 nitrogen and oxygen atoms in total. The Bertz CT molecular complexity index is 1240. The second-order valence-corrected chi connectivity index (χ2v) is 16.8. The summed E-state index contributed by atoms with van der Waals surface area (Å²) in [5, 5.41) is 10.8. The molecule has 1 aromatic carbocycles. The predicted molar refractivity (Wildman–Crippen MR) is 177 cm³/mol. The molecule has 1 spiro atoms. The number of fused-ring (bicyclic) bond motifs is 1. The SMILES string of the molecule is C=CCCCOC(=O)[C@@H]1[C@H]2C(=O)N([C@@H](CO)Cc3ccccc3)C(C(=O)N(CC=C)C(C)(C)CC(C)(C)C)C23CC[C@@]1(C)S3.